The highest BCUT2D eigenvalue weighted by Gasteiger charge is 2.36. The second-order valence-electron chi connectivity index (χ2n) is 5.92. The van der Waals surface area contributed by atoms with E-state index in [0.717, 1.165) is 25.1 Å². The first-order valence-corrected chi connectivity index (χ1v) is 10.7. The van der Waals surface area contributed by atoms with Crippen LogP contribution in [0.2, 0.25) is 12.1 Å². The van der Waals surface area contributed by atoms with Gasteiger partial charge in [0.25, 0.3) is 0 Å². The molecule has 2 nitrogen and oxygen atoms in total. The van der Waals surface area contributed by atoms with Gasteiger partial charge in [0, 0.05) is 12.7 Å². The van der Waals surface area contributed by atoms with Gasteiger partial charge in [0.05, 0.1) is 0 Å². The zero-order valence-electron chi connectivity index (χ0n) is 14.4. The highest BCUT2D eigenvalue weighted by Crippen LogP contribution is 2.31. The molecule has 0 heterocycles. The summed E-state index contributed by atoms with van der Waals surface area (Å²) in [6, 6.07) is 13.0. The van der Waals surface area contributed by atoms with Crippen molar-refractivity contribution in [2.45, 2.75) is 71.6 Å². The van der Waals surface area contributed by atoms with E-state index in [1.165, 1.54) is 12.0 Å². The average molecular weight is 309 g/mol. The van der Waals surface area contributed by atoms with Crippen molar-refractivity contribution in [1.82, 2.24) is 0 Å². The molecule has 120 valence electrons. The van der Waals surface area contributed by atoms with Gasteiger partial charge in [0.1, 0.15) is 0 Å². The molecule has 0 fully saturated rings. The van der Waals surface area contributed by atoms with Crippen molar-refractivity contribution in [3.8, 4) is 0 Å². The maximum Gasteiger partial charge on any atom is 0.338 e. The summed E-state index contributed by atoms with van der Waals surface area (Å²) in [4.78, 5) is 0. The van der Waals surface area contributed by atoms with Crippen molar-refractivity contribution in [1.29, 1.82) is 0 Å². The molecule has 1 aromatic carbocycles. The molecule has 0 aliphatic heterocycles. The van der Waals surface area contributed by atoms with Crippen molar-refractivity contribution < 1.29 is 8.85 Å². The fourth-order valence-corrected chi connectivity index (χ4v) is 6.17. The Kier molecular flexibility index (Phi) is 8.23. The highest BCUT2D eigenvalue weighted by atomic mass is 28.4. The molecule has 0 aliphatic carbocycles. The summed E-state index contributed by atoms with van der Waals surface area (Å²) in [5.74, 6) is 0.612. The van der Waals surface area contributed by atoms with Gasteiger partial charge >= 0.3 is 8.56 Å². The van der Waals surface area contributed by atoms with Crippen LogP contribution in [-0.4, -0.2) is 21.3 Å². The van der Waals surface area contributed by atoms with Gasteiger partial charge in [-0.15, -0.1) is 0 Å². The molecular weight excluding hydrogens is 276 g/mol. The van der Waals surface area contributed by atoms with Crippen LogP contribution in [0.25, 0.3) is 0 Å². The fraction of sp³-hybridized carbons (Fsp3) is 0.667. The molecule has 0 bridgehead atoms. The first-order chi connectivity index (χ1) is 10.1. The van der Waals surface area contributed by atoms with Crippen LogP contribution in [0.5, 0.6) is 0 Å². The van der Waals surface area contributed by atoms with Crippen molar-refractivity contribution in [3.05, 3.63) is 35.9 Å². The van der Waals surface area contributed by atoms with Gasteiger partial charge < -0.3 is 8.85 Å². The molecular formula is C18H32O2Si. The molecule has 2 atom stereocenters. The maximum atomic E-state index is 6.27. The highest BCUT2D eigenvalue weighted by molar-refractivity contribution is 6.67. The van der Waals surface area contributed by atoms with E-state index in [1.54, 1.807) is 0 Å². The first-order valence-electron chi connectivity index (χ1n) is 8.43. The Morgan fingerprint density at radius 1 is 1.05 bits per heavy atom. The number of hydrogen-bond acceptors (Lipinski definition) is 2. The van der Waals surface area contributed by atoms with Gasteiger partial charge in [-0.05, 0) is 57.2 Å². The number of rotatable bonds is 10. The Morgan fingerprint density at radius 2 is 1.71 bits per heavy atom. The number of hydrogen-bond donors (Lipinski definition) is 0. The zero-order valence-corrected chi connectivity index (χ0v) is 15.4. The SMILES string of the molecule is CCO[Si](CC)(CCC(CC)c1ccccc1)OC(C)C. The van der Waals surface area contributed by atoms with E-state index in [0.29, 0.717) is 5.92 Å². The Hall–Kier alpha value is -0.643. The third kappa shape index (κ3) is 5.93. The van der Waals surface area contributed by atoms with Crippen molar-refractivity contribution in [3.63, 3.8) is 0 Å². The van der Waals surface area contributed by atoms with E-state index < -0.39 is 8.56 Å². The third-order valence-electron chi connectivity index (χ3n) is 4.03. The number of benzene rings is 1. The minimum absolute atomic E-state index is 0.250. The van der Waals surface area contributed by atoms with Crippen molar-refractivity contribution in [2.24, 2.45) is 0 Å². The topological polar surface area (TPSA) is 18.5 Å². The van der Waals surface area contributed by atoms with E-state index >= 15 is 0 Å². The summed E-state index contributed by atoms with van der Waals surface area (Å²) < 4.78 is 12.4. The smallest absolute Gasteiger partial charge is 0.338 e. The summed E-state index contributed by atoms with van der Waals surface area (Å²) in [5, 5.41) is 0. The van der Waals surface area contributed by atoms with Crippen LogP contribution in [0, 0.1) is 0 Å². The molecule has 0 N–H and O–H groups in total. The van der Waals surface area contributed by atoms with E-state index in [2.05, 4.69) is 65.0 Å². The van der Waals surface area contributed by atoms with Crippen LogP contribution in [0.3, 0.4) is 0 Å². The van der Waals surface area contributed by atoms with Crippen molar-refractivity contribution in [2.75, 3.05) is 6.61 Å². The van der Waals surface area contributed by atoms with Gasteiger partial charge in [-0.1, -0.05) is 44.2 Å². The van der Waals surface area contributed by atoms with Crippen LogP contribution < -0.4 is 0 Å². The lowest BCUT2D eigenvalue weighted by Crippen LogP contribution is -2.43. The van der Waals surface area contributed by atoms with Gasteiger partial charge in [0.2, 0.25) is 0 Å². The first kappa shape index (κ1) is 18.4. The normalized spacial score (nSPS) is 15.9. The fourth-order valence-electron chi connectivity index (χ4n) is 2.95. The maximum absolute atomic E-state index is 6.27. The Bertz CT molecular complexity index is 380. The summed E-state index contributed by atoms with van der Waals surface area (Å²) in [7, 11) is -2.04. The second kappa shape index (κ2) is 9.39. The molecule has 0 saturated carbocycles. The van der Waals surface area contributed by atoms with Gasteiger partial charge in [-0.2, -0.15) is 0 Å². The predicted octanol–water partition coefficient (Wildman–Crippen LogP) is 5.49. The van der Waals surface area contributed by atoms with Crippen LogP contribution in [0.4, 0.5) is 0 Å². The lowest BCUT2D eigenvalue weighted by Gasteiger charge is -2.32. The molecule has 1 rings (SSSR count). The minimum Gasteiger partial charge on any atom is -0.394 e. The Morgan fingerprint density at radius 3 is 2.19 bits per heavy atom. The molecule has 0 spiro atoms. The molecule has 0 amide bonds. The van der Waals surface area contributed by atoms with Gasteiger partial charge in [-0.25, -0.2) is 0 Å². The Balaban J connectivity index is 2.74. The molecule has 0 aromatic heterocycles. The molecule has 3 heteroatoms. The van der Waals surface area contributed by atoms with E-state index in [-0.39, 0.29) is 6.10 Å². The zero-order chi connectivity index (χ0) is 15.7. The summed E-state index contributed by atoms with van der Waals surface area (Å²) in [5.41, 5.74) is 1.44. The Labute approximate surface area is 132 Å². The average Bonchev–Trinajstić information content (AvgIpc) is 2.48. The third-order valence-corrected chi connectivity index (χ3v) is 7.88. The lowest BCUT2D eigenvalue weighted by molar-refractivity contribution is 0.136. The standard InChI is InChI=1S/C18H32O2Si/c1-6-17(18-12-10-9-11-13-18)14-15-21(8-3,19-7-2)20-16(4)5/h9-13,16-17H,6-8,14-15H2,1-5H3. The molecule has 1 aromatic rings. The molecule has 0 saturated heterocycles. The lowest BCUT2D eigenvalue weighted by atomic mass is 9.94. The van der Waals surface area contributed by atoms with Crippen molar-refractivity contribution >= 4 is 8.56 Å². The monoisotopic (exact) mass is 308 g/mol. The second-order valence-corrected chi connectivity index (χ2v) is 9.47. The van der Waals surface area contributed by atoms with Crippen LogP contribution in [0.15, 0.2) is 30.3 Å². The molecule has 2 unspecified atom stereocenters. The summed E-state index contributed by atoms with van der Waals surface area (Å²) >= 11 is 0. The summed E-state index contributed by atoms with van der Waals surface area (Å²) in [6.45, 7) is 11.6. The van der Waals surface area contributed by atoms with Crippen LogP contribution in [-0.2, 0) is 8.85 Å². The quantitative estimate of drug-likeness (QED) is 0.532. The van der Waals surface area contributed by atoms with E-state index in [4.69, 9.17) is 8.85 Å². The van der Waals surface area contributed by atoms with E-state index in [1.807, 2.05) is 0 Å². The predicted molar refractivity (Wildman–Crippen MR) is 93.0 cm³/mol. The summed E-state index contributed by atoms with van der Waals surface area (Å²) in [6.07, 6.45) is 2.58. The van der Waals surface area contributed by atoms with E-state index in [9.17, 15) is 0 Å². The molecule has 0 radical (unpaired) electrons. The van der Waals surface area contributed by atoms with Crippen LogP contribution >= 0.6 is 0 Å². The minimum atomic E-state index is -2.04. The largest absolute Gasteiger partial charge is 0.394 e. The molecule has 21 heavy (non-hydrogen) atoms. The van der Waals surface area contributed by atoms with Gasteiger partial charge in [-0.3, -0.25) is 0 Å². The molecule has 0 aliphatic rings. The van der Waals surface area contributed by atoms with Gasteiger partial charge in [0.15, 0.2) is 0 Å². The van der Waals surface area contributed by atoms with Crippen LogP contribution in [0.1, 0.15) is 58.9 Å².